The smallest absolute Gasteiger partial charge is 0.364 e. The molecule has 0 saturated carbocycles. The Morgan fingerprint density at radius 2 is 1.33 bits per heavy atom. The number of hydrogen-bond donors (Lipinski definition) is 0. The van der Waals surface area contributed by atoms with Crippen LogP contribution in [0.3, 0.4) is 0 Å². The molecule has 0 heterocycles. The summed E-state index contributed by atoms with van der Waals surface area (Å²) in [5.41, 5.74) is 2.60. The van der Waals surface area contributed by atoms with E-state index in [0.29, 0.717) is 17.7 Å². The number of ether oxygens (including phenoxy) is 2. The van der Waals surface area contributed by atoms with Crippen LogP contribution in [0.4, 0.5) is 0 Å². The van der Waals surface area contributed by atoms with E-state index in [1.807, 2.05) is 24.3 Å². The molecule has 2 aromatic rings. The Kier molecular flexibility index (Phi) is 16.6. The Morgan fingerprint density at radius 3 is 2.00 bits per heavy atom. The van der Waals surface area contributed by atoms with E-state index in [0.717, 1.165) is 38.0 Å². The normalized spacial score (nSPS) is 12.3. The molecule has 0 radical (unpaired) electrons. The highest BCUT2D eigenvalue weighted by Crippen LogP contribution is 2.19. The van der Waals surface area contributed by atoms with E-state index in [1.165, 1.54) is 75.3 Å². The number of quaternary nitrogens is 1. The third-order valence-electron chi connectivity index (χ3n) is 7.70. The first-order valence-corrected chi connectivity index (χ1v) is 15.7. The van der Waals surface area contributed by atoms with Gasteiger partial charge in [-0.2, -0.15) is 0 Å². The summed E-state index contributed by atoms with van der Waals surface area (Å²) in [6.45, 7) is 6.24. The number of aryl methyl sites for hydroxylation is 1. The molecule has 4 nitrogen and oxygen atoms in total. The summed E-state index contributed by atoms with van der Waals surface area (Å²) >= 11 is 0. The van der Waals surface area contributed by atoms with E-state index in [1.54, 1.807) is 0 Å². The Morgan fingerprint density at radius 1 is 0.718 bits per heavy atom. The van der Waals surface area contributed by atoms with Crippen LogP contribution in [-0.4, -0.2) is 43.8 Å². The summed E-state index contributed by atoms with van der Waals surface area (Å²) in [4.78, 5) is 12.8. The topological polar surface area (TPSA) is 35.5 Å². The molecule has 0 aromatic heterocycles. The fourth-order valence-corrected chi connectivity index (χ4v) is 5.38. The van der Waals surface area contributed by atoms with Gasteiger partial charge in [0, 0.05) is 12.0 Å². The monoisotopic (exact) mass is 538 g/mol. The summed E-state index contributed by atoms with van der Waals surface area (Å²) < 4.78 is 12.3. The third-order valence-corrected chi connectivity index (χ3v) is 7.70. The molecule has 1 unspecified atom stereocenters. The Labute approximate surface area is 239 Å². The molecule has 0 aliphatic carbocycles. The molecule has 0 amide bonds. The fraction of sp³-hybridized carbons (Fsp3) is 0.629. The van der Waals surface area contributed by atoms with Crippen LogP contribution in [-0.2, 0) is 22.5 Å². The average molecular weight is 539 g/mol. The molecule has 1 atom stereocenters. The van der Waals surface area contributed by atoms with Gasteiger partial charge in [0.05, 0.1) is 27.3 Å². The maximum Gasteiger partial charge on any atom is 0.364 e. The predicted octanol–water partition coefficient (Wildman–Crippen LogP) is 8.91. The molecular formula is C35H56NO3+. The second kappa shape index (κ2) is 19.7. The molecule has 4 heteroatoms. The summed E-state index contributed by atoms with van der Waals surface area (Å²) in [7, 11) is 4.22. The van der Waals surface area contributed by atoms with Gasteiger partial charge >= 0.3 is 5.97 Å². The number of esters is 1. The molecule has 39 heavy (non-hydrogen) atoms. The van der Waals surface area contributed by atoms with E-state index < -0.39 is 0 Å². The first-order chi connectivity index (χ1) is 19.0. The number of likely N-dealkylation sites (N-methyl/N-ethyl adjacent to an activating group) is 1. The number of benzene rings is 2. The molecule has 0 N–H and O–H groups in total. The first kappa shape index (κ1) is 32.9. The molecule has 0 aliphatic heterocycles. The molecule has 0 aliphatic rings. The minimum absolute atomic E-state index is 0.0981. The Balaban J connectivity index is 1.57. The van der Waals surface area contributed by atoms with Gasteiger partial charge in [0.2, 0.25) is 0 Å². The van der Waals surface area contributed by atoms with Crippen LogP contribution in [0.5, 0.6) is 5.75 Å². The van der Waals surface area contributed by atoms with E-state index in [9.17, 15) is 4.79 Å². The van der Waals surface area contributed by atoms with Gasteiger partial charge in [0.1, 0.15) is 12.3 Å². The van der Waals surface area contributed by atoms with Crippen molar-refractivity contribution >= 4 is 5.97 Å². The summed E-state index contributed by atoms with van der Waals surface area (Å²) in [6.07, 6.45) is 17.2. The zero-order valence-corrected chi connectivity index (χ0v) is 25.5. The first-order valence-electron chi connectivity index (χ1n) is 15.7. The zero-order chi connectivity index (χ0) is 28.2. The number of carbonyl (C=O) groups excluding carboxylic acids is 1. The molecular weight excluding hydrogens is 482 g/mol. The standard InChI is InChI=1S/C35H56NO3/c1-5-7-8-9-10-11-12-13-14-16-22-31-25-21-26-33(29-31)38-27-19-20-28-39-35(37)34(6-2)36(3,4)30-32-23-17-15-18-24-32/h15,17-18,21,23-26,29,34H,5-14,16,19-20,22,27-28,30H2,1-4H3/q+1. The number of nitrogens with zero attached hydrogens (tertiary/aromatic N) is 1. The molecule has 0 saturated heterocycles. The highest BCUT2D eigenvalue weighted by atomic mass is 16.5. The van der Waals surface area contributed by atoms with Crippen molar-refractivity contribution in [3.05, 3.63) is 65.7 Å². The van der Waals surface area contributed by atoms with Crippen LogP contribution in [0.1, 0.15) is 108 Å². The number of carbonyl (C=O) groups is 1. The summed E-state index contributed by atoms with van der Waals surface area (Å²) in [5.74, 6) is 0.849. The molecule has 218 valence electrons. The van der Waals surface area contributed by atoms with E-state index in [2.05, 4.69) is 58.3 Å². The van der Waals surface area contributed by atoms with Crippen LogP contribution in [0.2, 0.25) is 0 Å². The third kappa shape index (κ3) is 14.0. The van der Waals surface area contributed by atoms with Crippen LogP contribution in [0, 0.1) is 0 Å². The minimum atomic E-state index is -0.167. The van der Waals surface area contributed by atoms with Gasteiger partial charge in [0.25, 0.3) is 0 Å². The molecule has 0 fully saturated rings. The maximum atomic E-state index is 12.8. The van der Waals surface area contributed by atoms with Gasteiger partial charge in [0.15, 0.2) is 6.04 Å². The van der Waals surface area contributed by atoms with Crippen LogP contribution in [0.15, 0.2) is 54.6 Å². The molecule has 0 spiro atoms. The molecule has 2 aromatic carbocycles. The van der Waals surface area contributed by atoms with Crippen molar-refractivity contribution in [1.29, 1.82) is 0 Å². The van der Waals surface area contributed by atoms with E-state index in [-0.39, 0.29) is 12.0 Å². The average Bonchev–Trinajstić information content (AvgIpc) is 2.92. The lowest BCUT2D eigenvalue weighted by Gasteiger charge is -2.36. The van der Waals surface area contributed by atoms with Gasteiger partial charge in [-0.3, -0.25) is 0 Å². The highest BCUT2D eigenvalue weighted by Gasteiger charge is 2.34. The zero-order valence-electron chi connectivity index (χ0n) is 25.5. The largest absolute Gasteiger partial charge is 0.494 e. The summed E-state index contributed by atoms with van der Waals surface area (Å²) in [5, 5.41) is 0. The molecule has 0 bridgehead atoms. The number of rotatable bonds is 22. The van der Waals surface area contributed by atoms with Gasteiger partial charge in [-0.25, -0.2) is 4.79 Å². The van der Waals surface area contributed by atoms with Crippen molar-refractivity contribution in [2.45, 2.75) is 116 Å². The van der Waals surface area contributed by atoms with Crippen LogP contribution >= 0.6 is 0 Å². The fourth-order valence-electron chi connectivity index (χ4n) is 5.38. The highest BCUT2D eigenvalue weighted by molar-refractivity contribution is 5.74. The quantitative estimate of drug-likeness (QED) is 0.0853. The lowest BCUT2D eigenvalue weighted by atomic mass is 10.0. The van der Waals surface area contributed by atoms with Crippen molar-refractivity contribution < 1.29 is 18.8 Å². The lowest BCUT2D eigenvalue weighted by Crippen LogP contribution is -2.52. The lowest BCUT2D eigenvalue weighted by molar-refractivity contribution is -0.919. The van der Waals surface area contributed by atoms with Gasteiger partial charge < -0.3 is 14.0 Å². The second-order valence-corrected chi connectivity index (χ2v) is 11.6. The van der Waals surface area contributed by atoms with Crippen LogP contribution < -0.4 is 4.74 Å². The summed E-state index contributed by atoms with van der Waals surface area (Å²) in [6, 6.07) is 18.7. The van der Waals surface area contributed by atoms with Crippen molar-refractivity contribution in [2.75, 3.05) is 27.3 Å². The number of unbranched alkanes of at least 4 members (excludes halogenated alkanes) is 10. The van der Waals surface area contributed by atoms with Crippen molar-refractivity contribution in [1.82, 2.24) is 0 Å². The minimum Gasteiger partial charge on any atom is -0.494 e. The van der Waals surface area contributed by atoms with Crippen molar-refractivity contribution in [3.8, 4) is 5.75 Å². The predicted molar refractivity (Wildman–Crippen MR) is 164 cm³/mol. The van der Waals surface area contributed by atoms with Gasteiger partial charge in [-0.05, 0) is 43.4 Å². The number of hydrogen-bond acceptors (Lipinski definition) is 3. The SMILES string of the molecule is CCCCCCCCCCCCc1cccc(OCCCCOC(=O)C(CC)[N+](C)(C)Cc2ccccc2)c1. The van der Waals surface area contributed by atoms with Crippen LogP contribution in [0.25, 0.3) is 0 Å². The Hall–Kier alpha value is -2.33. The maximum absolute atomic E-state index is 12.8. The van der Waals surface area contributed by atoms with Crippen molar-refractivity contribution in [2.24, 2.45) is 0 Å². The van der Waals surface area contributed by atoms with Crippen molar-refractivity contribution in [3.63, 3.8) is 0 Å². The second-order valence-electron chi connectivity index (χ2n) is 11.6. The van der Waals surface area contributed by atoms with Gasteiger partial charge in [-0.1, -0.05) is 114 Å². The van der Waals surface area contributed by atoms with Gasteiger partial charge in [-0.15, -0.1) is 0 Å². The Bertz CT molecular complexity index is 896. The molecule has 2 rings (SSSR count). The van der Waals surface area contributed by atoms with E-state index in [4.69, 9.17) is 9.47 Å². The van der Waals surface area contributed by atoms with E-state index >= 15 is 0 Å².